The molecule has 1 aliphatic rings. The highest BCUT2D eigenvalue weighted by molar-refractivity contribution is 6.36. The van der Waals surface area contributed by atoms with Crippen LogP contribution in [0.5, 0.6) is 11.5 Å². The van der Waals surface area contributed by atoms with Gasteiger partial charge >= 0.3 is 5.97 Å². The standard InChI is InChI=1S/C40H33Cl2N3O5/c41-30-9-1-25-3-11-32(43-36(25)21-30)23-49-34-13-5-28(6-14-34)40(19-17-27(18-20-40)38(45-48)39(46)47)29-7-15-35(16-8-29)50-24-33-12-4-26-2-10-31(42)22-37(26)44-33/h1-16,21-22,27,48H,17-20,23-24H2,(H,46,47). The predicted octanol–water partition coefficient (Wildman–Crippen LogP) is 9.64. The number of carbonyl (C=O) groups is 1. The topological polar surface area (TPSA) is 114 Å². The lowest BCUT2D eigenvalue weighted by molar-refractivity contribution is -0.129. The molecule has 2 aromatic heterocycles. The first kappa shape index (κ1) is 33.3. The summed E-state index contributed by atoms with van der Waals surface area (Å²) < 4.78 is 12.2. The second-order valence-electron chi connectivity index (χ2n) is 12.6. The lowest BCUT2D eigenvalue weighted by atomic mass is 9.62. The molecule has 10 heteroatoms. The number of fused-ring (bicyclic) bond motifs is 2. The Labute approximate surface area is 298 Å². The first-order valence-corrected chi connectivity index (χ1v) is 17.1. The van der Waals surface area contributed by atoms with Crippen LogP contribution in [0.15, 0.2) is 114 Å². The SMILES string of the molecule is O=C(O)C(=NO)C1CCC(c2ccc(OCc3ccc4ccc(Cl)cc4n3)cc2)(c2ccc(OCc3ccc4ccc(Cl)cc4n3)cc2)CC1. The van der Waals surface area contributed by atoms with Crippen molar-refractivity contribution in [1.29, 1.82) is 0 Å². The Bertz CT molecular complexity index is 2060. The smallest absolute Gasteiger partial charge is 0.353 e. The maximum absolute atomic E-state index is 11.8. The number of hydrogen-bond acceptors (Lipinski definition) is 7. The summed E-state index contributed by atoms with van der Waals surface area (Å²) in [5.41, 5.74) is 4.81. The quantitative estimate of drug-likeness (QED) is 0.0829. The number of ether oxygens (including phenoxy) is 2. The van der Waals surface area contributed by atoms with Crippen LogP contribution < -0.4 is 9.47 Å². The van der Waals surface area contributed by atoms with Gasteiger partial charge in [-0.25, -0.2) is 14.8 Å². The third-order valence-electron chi connectivity index (χ3n) is 9.56. The van der Waals surface area contributed by atoms with E-state index >= 15 is 0 Å². The number of oxime groups is 1. The Morgan fingerprint density at radius 1 is 0.700 bits per heavy atom. The first-order valence-electron chi connectivity index (χ1n) is 16.3. The number of carboxylic acids is 1. The highest BCUT2D eigenvalue weighted by Gasteiger charge is 2.41. The maximum atomic E-state index is 11.8. The molecule has 6 aromatic rings. The number of hydrogen-bond donors (Lipinski definition) is 2. The number of rotatable bonds is 10. The van der Waals surface area contributed by atoms with Crippen molar-refractivity contribution in [3.05, 3.63) is 142 Å². The normalized spacial score (nSPS) is 14.9. The summed E-state index contributed by atoms with van der Waals surface area (Å²) in [5, 5.41) is 25.4. The van der Waals surface area contributed by atoms with E-state index in [1.807, 2.05) is 84.9 Å². The van der Waals surface area contributed by atoms with E-state index in [1.165, 1.54) is 0 Å². The van der Waals surface area contributed by atoms with Gasteiger partial charge in [-0.3, -0.25) is 0 Å². The minimum Gasteiger partial charge on any atom is -0.487 e. The summed E-state index contributed by atoms with van der Waals surface area (Å²) in [7, 11) is 0. The average molecular weight is 707 g/mol. The Morgan fingerprint density at radius 3 is 1.56 bits per heavy atom. The van der Waals surface area contributed by atoms with E-state index in [4.69, 9.17) is 32.7 Å². The molecule has 1 saturated carbocycles. The molecule has 2 N–H and O–H groups in total. The van der Waals surface area contributed by atoms with Crippen LogP contribution in [-0.2, 0) is 23.4 Å². The van der Waals surface area contributed by atoms with E-state index < -0.39 is 11.4 Å². The van der Waals surface area contributed by atoms with E-state index in [1.54, 1.807) is 0 Å². The molecular weight excluding hydrogens is 673 g/mol. The largest absolute Gasteiger partial charge is 0.487 e. The van der Waals surface area contributed by atoms with Gasteiger partial charge in [-0.2, -0.15) is 0 Å². The summed E-state index contributed by atoms with van der Waals surface area (Å²) in [6, 6.07) is 35.3. The number of nitrogens with zero attached hydrogens (tertiary/aromatic N) is 3. The van der Waals surface area contributed by atoms with Gasteiger partial charge in [0.15, 0.2) is 5.71 Å². The molecule has 7 rings (SSSR count). The second-order valence-corrected chi connectivity index (χ2v) is 13.4. The van der Waals surface area contributed by atoms with Gasteiger partial charge in [0.2, 0.25) is 0 Å². The summed E-state index contributed by atoms with van der Waals surface area (Å²) in [6.45, 7) is 0.605. The van der Waals surface area contributed by atoms with Crippen LogP contribution in [-0.4, -0.2) is 32.0 Å². The number of aromatic nitrogens is 2. The van der Waals surface area contributed by atoms with Crippen LogP contribution in [0.1, 0.15) is 48.2 Å². The number of benzene rings is 4. The number of pyridine rings is 2. The fourth-order valence-electron chi connectivity index (χ4n) is 6.91. The molecule has 4 aromatic carbocycles. The Morgan fingerprint density at radius 2 is 1.14 bits per heavy atom. The summed E-state index contributed by atoms with van der Waals surface area (Å²) in [5.74, 6) is -0.121. The summed E-state index contributed by atoms with van der Waals surface area (Å²) in [4.78, 5) is 21.1. The van der Waals surface area contributed by atoms with E-state index in [2.05, 4.69) is 39.4 Å². The molecular formula is C40H33Cl2N3O5. The van der Waals surface area contributed by atoms with E-state index in [0.29, 0.717) is 60.4 Å². The average Bonchev–Trinajstić information content (AvgIpc) is 3.13. The fourth-order valence-corrected chi connectivity index (χ4v) is 7.24. The molecule has 1 fully saturated rings. The van der Waals surface area contributed by atoms with Crippen molar-refractivity contribution in [1.82, 2.24) is 9.97 Å². The minimum atomic E-state index is -1.19. The van der Waals surface area contributed by atoms with Crippen molar-refractivity contribution >= 4 is 56.7 Å². The highest BCUT2D eigenvalue weighted by Crippen LogP contribution is 2.47. The van der Waals surface area contributed by atoms with Gasteiger partial charge in [0.1, 0.15) is 24.7 Å². The number of halogens is 2. The molecule has 0 aliphatic heterocycles. The third-order valence-corrected chi connectivity index (χ3v) is 10.0. The minimum absolute atomic E-state index is 0.194. The molecule has 0 radical (unpaired) electrons. The Hall–Kier alpha value is -5.18. The van der Waals surface area contributed by atoms with Crippen molar-refractivity contribution < 1.29 is 24.6 Å². The summed E-state index contributed by atoms with van der Waals surface area (Å²) in [6.07, 6.45) is 2.43. The second kappa shape index (κ2) is 14.4. The van der Waals surface area contributed by atoms with Gasteiger partial charge in [0.05, 0.1) is 22.4 Å². The van der Waals surface area contributed by atoms with Gasteiger partial charge in [0.25, 0.3) is 0 Å². The van der Waals surface area contributed by atoms with Crippen LogP contribution in [0, 0.1) is 5.92 Å². The first-order chi connectivity index (χ1) is 24.3. The van der Waals surface area contributed by atoms with Crippen LogP contribution >= 0.6 is 23.2 Å². The molecule has 252 valence electrons. The zero-order valence-corrected chi connectivity index (χ0v) is 28.4. The Kier molecular flexibility index (Phi) is 9.57. The van der Waals surface area contributed by atoms with Crippen molar-refractivity contribution in [2.45, 2.75) is 44.3 Å². The molecule has 0 saturated heterocycles. The molecule has 1 aliphatic carbocycles. The van der Waals surface area contributed by atoms with E-state index in [-0.39, 0.29) is 11.6 Å². The van der Waals surface area contributed by atoms with Crippen LogP contribution in [0.25, 0.3) is 21.8 Å². The van der Waals surface area contributed by atoms with Gasteiger partial charge in [-0.1, -0.05) is 76.9 Å². The molecule has 2 heterocycles. The molecule has 0 spiro atoms. The summed E-state index contributed by atoms with van der Waals surface area (Å²) >= 11 is 12.3. The van der Waals surface area contributed by atoms with Crippen molar-refractivity contribution in [2.75, 3.05) is 0 Å². The van der Waals surface area contributed by atoms with Crippen molar-refractivity contribution in [3.8, 4) is 11.5 Å². The lowest BCUT2D eigenvalue weighted by Crippen LogP contribution is -2.37. The lowest BCUT2D eigenvalue weighted by Gasteiger charge is -2.41. The molecule has 50 heavy (non-hydrogen) atoms. The molecule has 0 atom stereocenters. The monoisotopic (exact) mass is 705 g/mol. The Balaban J connectivity index is 1.09. The third kappa shape index (κ3) is 7.08. The van der Waals surface area contributed by atoms with Gasteiger partial charge in [-0.05, 0) is 97.5 Å². The fraction of sp³-hybridized carbons (Fsp3) is 0.200. The van der Waals surface area contributed by atoms with Crippen LogP contribution in [0.2, 0.25) is 10.0 Å². The zero-order chi connectivity index (χ0) is 34.7. The molecule has 0 amide bonds. The number of carboxylic acid groups (broad SMARTS) is 1. The molecule has 0 bridgehead atoms. The highest BCUT2D eigenvalue weighted by atomic mass is 35.5. The van der Waals surface area contributed by atoms with Gasteiger partial charge in [-0.15, -0.1) is 0 Å². The zero-order valence-electron chi connectivity index (χ0n) is 26.9. The van der Waals surface area contributed by atoms with Crippen LogP contribution in [0.4, 0.5) is 0 Å². The molecule has 8 nitrogen and oxygen atoms in total. The van der Waals surface area contributed by atoms with Crippen LogP contribution in [0.3, 0.4) is 0 Å². The van der Waals surface area contributed by atoms with Gasteiger partial charge < -0.3 is 19.8 Å². The maximum Gasteiger partial charge on any atom is 0.353 e. The van der Waals surface area contributed by atoms with Crippen molar-refractivity contribution in [3.63, 3.8) is 0 Å². The number of aliphatic carboxylic acids is 1. The van der Waals surface area contributed by atoms with Gasteiger partial charge in [0, 0.05) is 32.2 Å². The van der Waals surface area contributed by atoms with Crippen molar-refractivity contribution in [2.24, 2.45) is 11.1 Å². The van der Waals surface area contributed by atoms with E-state index in [9.17, 15) is 15.1 Å². The predicted molar refractivity (Wildman–Crippen MR) is 195 cm³/mol. The van der Waals surface area contributed by atoms with E-state index in [0.717, 1.165) is 44.3 Å². The molecule has 0 unspecified atom stereocenters.